The van der Waals surface area contributed by atoms with E-state index in [9.17, 15) is 4.79 Å². The van der Waals surface area contributed by atoms with Gasteiger partial charge in [-0.05, 0) is 38.8 Å². The second kappa shape index (κ2) is 9.07. The molecule has 0 unspecified atom stereocenters. The molecule has 3 heteroatoms. The maximum Gasteiger partial charge on any atom is 0.150 e. The second-order valence-corrected chi connectivity index (χ2v) is 3.85. The number of hydrogen-bond donors (Lipinski definition) is 2. The third-order valence-corrected chi connectivity index (χ3v) is 1.79. The summed E-state index contributed by atoms with van der Waals surface area (Å²) in [7, 11) is 0. The lowest BCUT2D eigenvalue weighted by atomic mass is 10.1. The van der Waals surface area contributed by atoms with Crippen molar-refractivity contribution in [3.63, 3.8) is 0 Å². The molecule has 3 nitrogen and oxygen atoms in total. The van der Waals surface area contributed by atoms with Gasteiger partial charge < -0.3 is 10.8 Å². The fourth-order valence-electron chi connectivity index (χ4n) is 1.07. The number of benzene rings is 1. The topological polar surface area (TPSA) is 63.3 Å². The van der Waals surface area contributed by atoms with Gasteiger partial charge in [0, 0.05) is 11.7 Å². The van der Waals surface area contributed by atoms with Gasteiger partial charge in [0.2, 0.25) is 0 Å². The van der Waals surface area contributed by atoms with Crippen molar-refractivity contribution in [2.24, 2.45) is 5.73 Å². The monoisotopic (exact) mass is 223 g/mol. The number of hydrogen-bond acceptors (Lipinski definition) is 3. The van der Waals surface area contributed by atoms with Crippen molar-refractivity contribution < 1.29 is 9.90 Å². The first kappa shape index (κ1) is 14.8. The highest BCUT2D eigenvalue weighted by atomic mass is 16.3. The highest BCUT2D eigenvalue weighted by molar-refractivity contribution is 5.74. The predicted octanol–water partition coefficient (Wildman–Crippen LogP) is 1.78. The van der Waals surface area contributed by atoms with Crippen LogP contribution in [0.5, 0.6) is 0 Å². The summed E-state index contributed by atoms with van der Waals surface area (Å²) in [6, 6.07) is 7.61. The van der Waals surface area contributed by atoms with Crippen molar-refractivity contribution in [3.05, 3.63) is 35.4 Å². The van der Waals surface area contributed by atoms with Gasteiger partial charge in [0.1, 0.15) is 6.29 Å². The quantitative estimate of drug-likeness (QED) is 0.765. The summed E-state index contributed by atoms with van der Waals surface area (Å²) >= 11 is 0. The molecule has 90 valence electrons. The summed E-state index contributed by atoms with van der Waals surface area (Å²) in [5, 5.41) is 8.06. The summed E-state index contributed by atoms with van der Waals surface area (Å²) < 4.78 is 0. The largest absolute Gasteiger partial charge is 0.394 e. The van der Waals surface area contributed by atoms with Crippen molar-refractivity contribution in [3.8, 4) is 0 Å². The molecular weight excluding hydrogens is 202 g/mol. The van der Waals surface area contributed by atoms with Crippen molar-refractivity contribution in [1.82, 2.24) is 0 Å². The second-order valence-electron chi connectivity index (χ2n) is 3.85. The Hall–Kier alpha value is -1.19. The van der Waals surface area contributed by atoms with Crippen LogP contribution in [0.2, 0.25) is 0 Å². The number of aliphatic hydroxyl groups is 1. The van der Waals surface area contributed by atoms with E-state index in [0.717, 1.165) is 31.2 Å². The molecule has 0 saturated heterocycles. The molecule has 1 aromatic carbocycles. The molecule has 0 fully saturated rings. The number of nitrogens with two attached hydrogens (primary N) is 1. The Labute approximate surface area is 97.3 Å². The summed E-state index contributed by atoms with van der Waals surface area (Å²) in [5.74, 6) is 0. The molecule has 3 N–H and O–H groups in total. The van der Waals surface area contributed by atoms with Gasteiger partial charge in [-0.2, -0.15) is 0 Å². The molecule has 0 radical (unpaired) electrons. The Kier molecular flexibility index (Phi) is 8.39. The number of rotatable bonds is 4. The minimum absolute atomic E-state index is 0.167. The molecule has 0 aliphatic rings. The van der Waals surface area contributed by atoms with Crippen LogP contribution in [0.1, 0.15) is 36.2 Å². The Bertz CT molecular complexity index is 278. The van der Waals surface area contributed by atoms with E-state index in [4.69, 9.17) is 10.8 Å². The molecule has 0 aliphatic heterocycles. The number of aliphatic hydroxyl groups excluding tert-OH is 1. The highest BCUT2D eigenvalue weighted by Gasteiger charge is 1.92. The Morgan fingerprint density at radius 1 is 1.31 bits per heavy atom. The number of aryl methyl sites for hydroxylation is 1. The standard InChI is InChI=1S/C10H13NO.C3H8O/c11-7-1-2-9-3-5-10(8-12)6-4-9;1-3(2)4/h3-6,8H,1-2,7,11H2;3-4H,1-2H3. The van der Waals surface area contributed by atoms with Gasteiger partial charge in [-0.15, -0.1) is 0 Å². The third kappa shape index (κ3) is 8.15. The maximum absolute atomic E-state index is 10.3. The number of carbonyl (C=O) groups excluding carboxylic acids is 1. The molecule has 0 bridgehead atoms. The first-order valence-corrected chi connectivity index (χ1v) is 5.52. The summed E-state index contributed by atoms with van der Waals surface area (Å²) in [4.78, 5) is 10.3. The van der Waals surface area contributed by atoms with E-state index in [-0.39, 0.29) is 6.10 Å². The molecule has 0 atom stereocenters. The van der Waals surface area contributed by atoms with Crippen molar-refractivity contribution in [1.29, 1.82) is 0 Å². The van der Waals surface area contributed by atoms with Crippen LogP contribution in [0.4, 0.5) is 0 Å². The minimum atomic E-state index is -0.167. The fraction of sp³-hybridized carbons (Fsp3) is 0.462. The van der Waals surface area contributed by atoms with Gasteiger partial charge >= 0.3 is 0 Å². The molecule has 0 saturated carbocycles. The first-order chi connectivity index (χ1) is 7.60. The van der Waals surface area contributed by atoms with Gasteiger partial charge in [-0.3, -0.25) is 4.79 Å². The highest BCUT2D eigenvalue weighted by Crippen LogP contribution is 2.04. The summed E-state index contributed by atoms with van der Waals surface area (Å²) in [6.07, 6.45) is 2.68. The van der Waals surface area contributed by atoms with Gasteiger partial charge in [-0.1, -0.05) is 24.3 Å². The van der Waals surface area contributed by atoms with Crippen molar-refractivity contribution in [2.75, 3.05) is 6.54 Å². The molecular formula is C13H21NO2. The third-order valence-electron chi connectivity index (χ3n) is 1.79. The van der Waals surface area contributed by atoms with Crippen LogP contribution in [-0.2, 0) is 6.42 Å². The van der Waals surface area contributed by atoms with E-state index in [0.29, 0.717) is 0 Å². The van der Waals surface area contributed by atoms with Crippen LogP contribution in [0.3, 0.4) is 0 Å². The molecule has 0 aromatic heterocycles. The fourth-order valence-corrected chi connectivity index (χ4v) is 1.07. The van der Waals surface area contributed by atoms with E-state index in [1.165, 1.54) is 5.56 Å². The predicted molar refractivity (Wildman–Crippen MR) is 66.6 cm³/mol. The first-order valence-electron chi connectivity index (χ1n) is 5.52. The van der Waals surface area contributed by atoms with Crippen LogP contribution in [-0.4, -0.2) is 24.0 Å². The Balaban J connectivity index is 0.000000487. The van der Waals surface area contributed by atoms with Gasteiger partial charge in [-0.25, -0.2) is 0 Å². The SMILES string of the molecule is CC(C)O.NCCCc1ccc(C=O)cc1. The van der Waals surface area contributed by atoms with Gasteiger partial charge in [0.05, 0.1) is 0 Å². The molecule has 0 aliphatic carbocycles. The molecule has 0 heterocycles. The zero-order valence-corrected chi connectivity index (χ0v) is 10.0. The van der Waals surface area contributed by atoms with Crippen molar-refractivity contribution >= 4 is 6.29 Å². The Morgan fingerprint density at radius 2 is 1.81 bits per heavy atom. The van der Waals surface area contributed by atoms with E-state index in [1.807, 2.05) is 24.3 Å². The average Bonchev–Trinajstić information content (AvgIpc) is 2.26. The van der Waals surface area contributed by atoms with Crippen molar-refractivity contribution in [2.45, 2.75) is 32.8 Å². The van der Waals surface area contributed by atoms with Crippen LogP contribution in [0.15, 0.2) is 24.3 Å². The van der Waals surface area contributed by atoms with E-state index in [2.05, 4.69) is 0 Å². The van der Waals surface area contributed by atoms with Crippen LogP contribution < -0.4 is 5.73 Å². The number of carbonyl (C=O) groups is 1. The molecule has 1 rings (SSSR count). The van der Waals surface area contributed by atoms with E-state index in [1.54, 1.807) is 13.8 Å². The van der Waals surface area contributed by atoms with Crippen LogP contribution in [0, 0.1) is 0 Å². The smallest absolute Gasteiger partial charge is 0.150 e. The van der Waals surface area contributed by atoms with E-state index >= 15 is 0 Å². The normalized spacial score (nSPS) is 9.56. The Morgan fingerprint density at radius 3 is 2.19 bits per heavy atom. The lowest BCUT2D eigenvalue weighted by Crippen LogP contribution is -2.00. The lowest BCUT2D eigenvalue weighted by Gasteiger charge is -1.98. The zero-order chi connectivity index (χ0) is 12.4. The molecule has 1 aromatic rings. The maximum atomic E-state index is 10.3. The van der Waals surface area contributed by atoms with Gasteiger partial charge in [0.25, 0.3) is 0 Å². The van der Waals surface area contributed by atoms with Gasteiger partial charge in [0.15, 0.2) is 0 Å². The van der Waals surface area contributed by atoms with Crippen LogP contribution in [0.25, 0.3) is 0 Å². The molecule has 0 amide bonds. The van der Waals surface area contributed by atoms with E-state index < -0.39 is 0 Å². The average molecular weight is 223 g/mol. The lowest BCUT2D eigenvalue weighted by molar-refractivity contribution is 0.112. The molecule has 0 spiro atoms. The van der Waals surface area contributed by atoms with Crippen LogP contribution >= 0.6 is 0 Å². The molecule has 16 heavy (non-hydrogen) atoms. The summed E-state index contributed by atoms with van der Waals surface area (Å²) in [6.45, 7) is 4.16. The number of aldehydes is 1. The zero-order valence-electron chi connectivity index (χ0n) is 10.0. The summed E-state index contributed by atoms with van der Waals surface area (Å²) in [5.41, 5.74) is 7.35. The minimum Gasteiger partial charge on any atom is -0.394 e.